The summed E-state index contributed by atoms with van der Waals surface area (Å²) in [7, 11) is 0. The molecule has 0 saturated carbocycles. The molecule has 2 aromatic rings. The molecule has 0 bridgehead atoms. The van der Waals surface area contributed by atoms with Gasteiger partial charge in [-0.15, -0.1) is 0 Å². The first-order valence-corrected chi connectivity index (χ1v) is 9.54. The molecule has 0 radical (unpaired) electrons. The molecule has 0 atom stereocenters. The molecule has 1 fully saturated rings. The fourth-order valence-corrected chi connectivity index (χ4v) is 3.70. The van der Waals surface area contributed by atoms with Crippen LogP contribution in [0.15, 0.2) is 24.3 Å². The summed E-state index contributed by atoms with van der Waals surface area (Å²) in [5, 5.41) is 1.13. The van der Waals surface area contributed by atoms with Gasteiger partial charge in [0.2, 0.25) is 5.91 Å². The number of likely N-dealkylation sites (tertiary alicyclic amines) is 1. The van der Waals surface area contributed by atoms with Gasteiger partial charge in [-0.25, -0.2) is 0 Å². The van der Waals surface area contributed by atoms with Crippen LogP contribution in [0.2, 0.25) is 0 Å². The molecule has 1 aliphatic rings. The summed E-state index contributed by atoms with van der Waals surface area (Å²) in [6.07, 6.45) is 3.39. The smallest absolute Gasteiger partial charge is 0.227 e. The van der Waals surface area contributed by atoms with Gasteiger partial charge in [-0.3, -0.25) is 9.78 Å². The fraction of sp³-hybridized carbons (Fsp3) is 0.524. The molecule has 0 spiro atoms. The van der Waals surface area contributed by atoms with Gasteiger partial charge in [0.25, 0.3) is 0 Å². The SMILES string of the molecule is Cc1nc2ccccc2c(C)c1CC(=O)N1CCC(OCCCN)CC1. The van der Waals surface area contributed by atoms with E-state index in [9.17, 15) is 4.79 Å². The van der Waals surface area contributed by atoms with Crippen LogP contribution in [0.3, 0.4) is 0 Å². The molecular formula is C21H29N3O2. The summed E-state index contributed by atoms with van der Waals surface area (Å²) in [6, 6.07) is 8.12. The third-order valence-corrected chi connectivity index (χ3v) is 5.31. The Morgan fingerprint density at radius 1 is 1.27 bits per heavy atom. The number of carbonyl (C=O) groups is 1. The lowest BCUT2D eigenvalue weighted by Gasteiger charge is -2.32. The number of benzene rings is 1. The first-order valence-electron chi connectivity index (χ1n) is 9.54. The molecule has 3 rings (SSSR count). The minimum absolute atomic E-state index is 0.189. The third kappa shape index (κ3) is 4.22. The lowest BCUT2D eigenvalue weighted by molar-refractivity contribution is -0.133. The van der Waals surface area contributed by atoms with Gasteiger partial charge in [-0.1, -0.05) is 18.2 Å². The standard InChI is InChI=1S/C21H29N3O2/c1-15-18-6-3-4-7-20(18)23-16(2)19(15)14-21(25)24-11-8-17(9-12-24)26-13-5-10-22/h3-4,6-7,17H,5,8-14,22H2,1-2H3. The summed E-state index contributed by atoms with van der Waals surface area (Å²) < 4.78 is 5.83. The highest BCUT2D eigenvalue weighted by atomic mass is 16.5. The molecule has 2 heterocycles. The Morgan fingerprint density at radius 3 is 2.73 bits per heavy atom. The number of hydrogen-bond donors (Lipinski definition) is 1. The molecular weight excluding hydrogens is 326 g/mol. The van der Waals surface area contributed by atoms with Crippen molar-refractivity contribution in [2.75, 3.05) is 26.2 Å². The van der Waals surface area contributed by atoms with E-state index in [1.807, 2.05) is 30.0 Å². The largest absolute Gasteiger partial charge is 0.378 e. The van der Waals surface area contributed by atoms with Crippen molar-refractivity contribution < 1.29 is 9.53 Å². The fourth-order valence-electron chi connectivity index (χ4n) is 3.70. The van der Waals surface area contributed by atoms with E-state index in [0.717, 1.165) is 61.1 Å². The molecule has 5 nitrogen and oxygen atoms in total. The second-order valence-corrected chi connectivity index (χ2v) is 7.09. The van der Waals surface area contributed by atoms with Crippen molar-refractivity contribution in [1.29, 1.82) is 0 Å². The van der Waals surface area contributed by atoms with Gasteiger partial charge < -0.3 is 15.4 Å². The van der Waals surface area contributed by atoms with Gasteiger partial charge in [0.1, 0.15) is 0 Å². The third-order valence-electron chi connectivity index (χ3n) is 5.31. The lowest BCUT2D eigenvalue weighted by Crippen LogP contribution is -2.41. The number of piperidine rings is 1. The van der Waals surface area contributed by atoms with E-state index in [1.165, 1.54) is 5.56 Å². The average Bonchev–Trinajstić information content (AvgIpc) is 2.66. The highest BCUT2D eigenvalue weighted by molar-refractivity contribution is 5.86. The zero-order valence-corrected chi connectivity index (χ0v) is 15.8. The summed E-state index contributed by atoms with van der Waals surface area (Å²) >= 11 is 0. The zero-order valence-electron chi connectivity index (χ0n) is 15.8. The number of fused-ring (bicyclic) bond motifs is 1. The average molecular weight is 355 g/mol. The van der Waals surface area contributed by atoms with E-state index in [-0.39, 0.29) is 12.0 Å². The predicted octanol–water partition coefficient (Wildman–Crippen LogP) is 2.75. The van der Waals surface area contributed by atoms with Crippen LogP contribution in [-0.4, -0.2) is 48.1 Å². The molecule has 1 saturated heterocycles. The number of ether oxygens (including phenoxy) is 1. The number of para-hydroxylation sites is 1. The Bertz CT molecular complexity index is 767. The van der Waals surface area contributed by atoms with E-state index in [1.54, 1.807) is 0 Å². The zero-order chi connectivity index (χ0) is 18.5. The minimum atomic E-state index is 0.189. The number of nitrogens with two attached hydrogens (primary N) is 1. The van der Waals surface area contributed by atoms with Crippen molar-refractivity contribution in [3.05, 3.63) is 41.1 Å². The number of hydrogen-bond acceptors (Lipinski definition) is 4. The maximum Gasteiger partial charge on any atom is 0.227 e. The molecule has 0 aliphatic carbocycles. The predicted molar refractivity (Wildman–Crippen MR) is 104 cm³/mol. The Morgan fingerprint density at radius 2 is 2.00 bits per heavy atom. The van der Waals surface area contributed by atoms with Crippen molar-refractivity contribution >= 4 is 16.8 Å². The van der Waals surface area contributed by atoms with Crippen LogP contribution >= 0.6 is 0 Å². The summed E-state index contributed by atoms with van der Waals surface area (Å²) in [5.41, 5.74) is 9.68. The highest BCUT2D eigenvalue weighted by Gasteiger charge is 2.24. The first kappa shape index (κ1) is 18.8. The second-order valence-electron chi connectivity index (χ2n) is 7.09. The molecule has 2 N–H and O–H groups in total. The maximum atomic E-state index is 12.8. The second kappa shape index (κ2) is 8.60. The van der Waals surface area contributed by atoms with Crippen molar-refractivity contribution in [2.45, 2.75) is 45.6 Å². The number of amides is 1. The summed E-state index contributed by atoms with van der Waals surface area (Å²) in [5.74, 6) is 0.189. The van der Waals surface area contributed by atoms with E-state index in [2.05, 4.69) is 18.0 Å². The Balaban J connectivity index is 1.63. The van der Waals surface area contributed by atoms with E-state index < -0.39 is 0 Å². The van der Waals surface area contributed by atoms with Crippen molar-refractivity contribution in [2.24, 2.45) is 5.73 Å². The Labute approximate surface area is 155 Å². The van der Waals surface area contributed by atoms with Gasteiger partial charge in [-0.2, -0.15) is 0 Å². The number of carbonyl (C=O) groups excluding carboxylic acids is 1. The number of nitrogens with zero attached hydrogens (tertiary/aromatic N) is 2. The topological polar surface area (TPSA) is 68.5 Å². The number of rotatable bonds is 6. The quantitative estimate of drug-likeness (QED) is 0.809. The lowest BCUT2D eigenvalue weighted by atomic mass is 9.98. The number of pyridine rings is 1. The van der Waals surface area contributed by atoms with Crippen LogP contribution < -0.4 is 5.73 Å². The number of aryl methyl sites for hydroxylation is 2. The Kier molecular flexibility index (Phi) is 6.22. The van der Waals surface area contributed by atoms with Gasteiger partial charge in [0.05, 0.1) is 18.0 Å². The molecule has 1 aromatic carbocycles. The van der Waals surface area contributed by atoms with Gasteiger partial charge in [0.15, 0.2) is 0 Å². The molecule has 1 aliphatic heterocycles. The molecule has 140 valence electrons. The maximum absolute atomic E-state index is 12.8. The van der Waals surface area contributed by atoms with Crippen LogP contribution in [-0.2, 0) is 16.0 Å². The van der Waals surface area contributed by atoms with Crippen molar-refractivity contribution in [3.8, 4) is 0 Å². The highest BCUT2D eigenvalue weighted by Crippen LogP contribution is 2.24. The van der Waals surface area contributed by atoms with Crippen molar-refractivity contribution in [3.63, 3.8) is 0 Å². The molecule has 1 amide bonds. The van der Waals surface area contributed by atoms with Crippen molar-refractivity contribution in [1.82, 2.24) is 9.88 Å². The molecule has 26 heavy (non-hydrogen) atoms. The van der Waals surface area contributed by atoms with Crippen LogP contribution in [0.4, 0.5) is 0 Å². The minimum Gasteiger partial charge on any atom is -0.378 e. The summed E-state index contributed by atoms with van der Waals surface area (Å²) in [6.45, 7) is 7.01. The summed E-state index contributed by atoms with van der Waals surface area (Å²) in [4.78, 5) is 19.5. The van der Waals surface area contributed by atoms with E-state index >= 15 is 0 Å². The van der Waals surface area contributed by atoms with E-state index in [0.29, 0.717) is 13.0 Å². The van der Waals surface area contributed by atoms with Crippen LogP contribution in [0.25, 0.3) is 10.9 Å². The molecule has 5 heteroatoms. The number of aromatic nitrogens is 1. The monoisotopic (exact) mass is 355 g/mol. The molecule has 1 aromatic heterocycles. The van der Waals surface area contributed by atoms with E-state index in [4.69, 9.17) is 10.5 Å². The molecule has 0 unspecified atom stereocenters. The van der Waals surface area contributed by atoms with Gasteiger partial charge in [0, 0.05) is 30.8 Å². The normalized spacial score (nSPS) is 15.6. The van der Waals surface area contributed by atoms with Crippen LogP contribution in [0, 0.1) is 13.8 Å². The Hall–Kier alpha value is -1.98. The van der Waals surface area contributed by atoms with Gasteiger partial charge >= 0.3 is 0 Å². The van der Waals surface area contributed by atoms with Crippen LogP contribution in [0.5, 0.6) is 0 Å². The van der Waals surface area contributed by atoms with Crippen LogP contribution in [0.1, 0.15) is 36.1 Å². The van der Waals surface area contributed by atoms with Gasteiger partial charge in [-0.05, 0) is 56.8 Å². The first-order chi connectivity index (χ1) is 12.6.